The predicted octanol–water partition coefficient (Wildman–Crippen LogP) is 2.14. The molecule has 3 amide bonds. The summed E-state index contributed by atoms with van der Waals surface area (Å²) in [6, 6.07) is -0.454. The molecular weight excluding hydrogens is 272 g/mol. The van der Waals surface area contributed by atoms with Crippen LogP contribution in [0.4, 0.5) is 4.79 Å². The summed E-state index contributed by atoms with van der Waals surface area (Å²) in [4.78, 5) is 34.4. The molecule has 1 fully saturated rings. The van der Waals surface area contributed by atoms with E-state index < -0.39 is 23.3 Å². The Labute approximate surface area is 125 Å². The molecule has 0 aromatic rings. The highest BCUT2D eigenvalue weighted by Gasteiger charge is 2.31. The Bertz CT molecular complexity index is 420. The number of carboxylic acids is 1. The third kappa shape index (κ3) is 5.36. The number of carbonyl (C=O) groups is 3. The van der Waals surface area contributed by atoms with Gasteiger partial charge in [-0.25, -0.2) is 4.79 Å². The molecule has 1 aliphatic carbocycles. The van der Waals surface area contributed by atoms with E-state index in [-0.39, 0.29) is 12.5 Å². The van der Waals surface area contributed by atoms with E-state index in [1.807, 2.05) is 0 Å². The molecule has 1 saturated carbocycles. The number of urea groups is 1. The maximum Gasteiger partial charge on any atom is 0.321 e. The quantitative estimate of drug-likeness (QED) is 0.741. The maximum absolute atomic E-state index is 11.8. The Balaban J connectivity index is 2.40. The highest BCUT2D eigenvalue weighted by Crippen LogP contribution is 2.29. The van der Waals surface area contributed by atoms with Crippen molar-refractivity contribution in [3.63, 3.8) is 0 Å². The van der Waals surface area contributed by atoms with Crippen LogP contribution in [0.2, 0.25) is 0 Å². The Morgan fingerprint density at radius 3 is 2.29 bits per heavy atom. The van der Waals surface area contributed by atoms with Crippen LogP contribution < -0.4 is 10.6 Å². The zero-order valence-corrected chi connectivity index (χ0v) is 13.2. The fraction of sp³-hybridized carbons (Fsp3) is 0.800. The van der Waals surface area contributed by atoms with Gasteiger partial charge in [-0.1, -0.05) is 13.8 Å². The molecule has 3 atom stereocenters. The van der Waals surface area contributed by atoms with E-state index in [4.69, 9.17) is 5.11 Å². The highest BCUT2D eigenvalue weighted by molar-refractivity contribution is 5.96. The molecule has 0 bridgehead atoms. The standard InChI is InChI=1S/C15H26N2O4/c1-9-5-6-11(7-10(9)2)16-14(21)17-12(18)8-15(3,4)13(19)20/h9-11H,5-8H2,1-4H3,(H,19,20)(H2,16,17,18,21). The van der Waals surface area contributed by atoms with Gasteiger partial charge in [0, 0.05) is 12.5 Å². The summed E-state index contributed by atoms with van der Waals surface area (Å²) < 4.78 is 0. The first-order chi connectivity index (χ1) is 9.61. The first kappa shape index (κ1) is 17.5. The third-order valence-corrected chi connectivity index (χ3v) is 4.37. The Kier molecular flexibility index (Phi) is 5.75. The number of nitrogens with one attached hydrogen (secondary N) is 2. The van der Waals surface area contributed by atoms with Gasteiger partial charge in [-0.05, 0) is 44.9 Å². The summed E-state index contributed by atoms with van der Waals surface area (Å²) in [5.74, 6) is -0.430. The van der Waals surface area contributed by atoms with E-state index in [0.717, 1.165) is 19.3 Å². The number of carboxylic acid groups (broad SMARTS) is 1. The molecule has 0 heterocycles. The van der Waals surface area contributed by atoms with Gasteiger partial charge < -0.3 is 10.4 Å². The second-order valence-corrected chi connectivity index (χ2v) is 6.85. The van der Waals surface area contributed by atoms with Crippen LogP contribution in [0.1, 0.15) is 53.4 Å². The fourth-order valence-electron chi connectivity index (χ4n) is 2.55. The van der Waals surface area contributed by atoms with Crippen molar-refractivity contribution >= 4 is 17.9 Å². The average molecular weight is 298 g/mol. The van der Waals surface area contributed by atoms with Crippen molar-refractivity contribution in [2.45, 2.75) is 59.4 Å². The summed E-state index contributed by atoms with van der Waals surface area (Å²) >= 11 is 0. The van der Waals surface area contributed by atoms with Gasteiger partial charge in [0.25, 0.3) is 0 Å². The lowest BCUT2D eigenvalue weighted by molar-refractivity contribution is -0.149. The lowest BCUT2D eigenvalue weighted by atomic mass is 9.79. The number of hydrogen-bond acceptors (Lipinski definition) is 3. The van der Waals surface area contributed by atoms with Crippen molar-refractivity contribution in [1.29, 1.82) is 0 Å². The van der Waals surface area contributed by atoms with Crippen molar-refractivity contribution in [3.05, 3.63) is 0 Å². The monoisotopic (exact) mass is 298 g/mol. The molecule has 6 heteroatoms. The van der Waals surface area contributed by atoms with E-state index in [2.05, 4.69) is 24.5 Å². The van der Waals surface area contributed by atoms with Crippen LogP contribution in [0.25, 0.3) is 0 Å². The number of hydrogen-bond donors (Lipinski definition) is 3. The second kappa shape index (κ2) is 6.91. The maximum atomic E-state index is 11.8. The normalized spacial score (nSPS) is 26.0. The summed E-state index contributed by atoms with van der Waals surface area (Å²) in [6.45, 7) is 7.28. The predicted molar refractivity (Wildman–Crippen MR) is 78.7 cm³/mol. The van der Waals surface area contributed by atoms with E-state index in [1.54, 1.807) is 0 Å². The van der Waals surface area contributed by atoms with Crippen LogP contribution in [-0.4, -0.2) is 29.1 Å². The summed E-state index contributed by atoms with van der Waals surface area (Å²) in [7, 11) is 0. The van der Waals surface area contributed by atoms with Gasteiger partial charge in [-0.15, -0.1) is 0 Å². The molecule has 6 nitrogen and oxygen atoms in total. The van der Waals surface area contributed by atoms with Gasteiger partial charge in [-0.2, -0.15) is 0 Å². The summed E-state index contributed by atoms with van der Waals surface area (Å²) in [5, 5.41) is 14.0. The van der Waals surface area contributed by atoms with Gasteiger partial charge in [0.05, 0.1) is 5.41 Å². The van der Waals surface area contributed by atoms with Gasteiger partial charge in [0.2, 0.25) is 5.91 Å². The van der Waals surface area contributed by atoms with Crippen molar-refractivity contribution in [1.82, 2.24) is 10.6 Å². The molecule has 120 valence electrons. The highest BCUT2D eigenvalue weighted by atomic mass is 16.4. The smallest absolute Gasteiger partial charge is 0.321 e. The van der Waals surface area contributed by atoms with E-state index >= 15 is 0 Å². The Morgan fingerprint density at radius 1 is 1.14 bits per heavy atom. The molecule has 3 unspecified atom stereocenters. The fourth-order valence-corrected chi connectivity index (χ4v) is 2.55. The van der Waals surface area contributed by atoms with Crippen LogP contribution in [0.3, 0.4) is 0 Å². The molecule has 0 aliphatic heterocycles. The number of rotatable bonds is 4. The molecule has 0 saturated heterocycles. The van der Waals surface area contributed by atoms with Crippen molar-refractivity contribution in [2.75, 3.05) is 0 Å². The number of amides is 3. The first-order valence-electron chi connectivity index (χ1n) is 7.45. The largest absolute Gasteiger partial charge is 0.481 e. The van der Waals surface area contributed by atoms with Crippen LogP contribution >= 0.6 is 0 Å². The molecule has 3 N–H and O–H groups in total. The minimum absolute atomic E-state index is 0.0801. The topological polar surface area (TPSA) is 95.5 Å². The first-order valence-corrected chi connectivity index (χ1v) is 7.45. The summed E-state index contributed by atoms with van der Waals surface area (Å²) in [5.41, 5.74) is -1.18. The average Bonchev–Trinajstić information content (AvgIpc) is 2.32. The molecular formula is C15H26N2O4. The van der Waals surface area contributed by atoms with Crippen LogP contribution in [-0.2, 0) is 9.59 Å². The zero-order valence-electron chi connectivity index (χ0n) is 13.2. The lowest BCUT2D eigenvalue weighted by Gasteiger charge is -2.32. The lowest BCUT2D eigenvalue weighted by Crippen LogP contribution is -2.47. The van der Waals surface area contributed by atoms with Gasteiger partial charge in [0.1, 0.15) is 0 Å². The van der Waals surface area contributed by atoms with Crippen LogP contribution in [0.5, 0.6) is 0 Å². The van der Waals surface area contributed by atoms with Gasteiger partial charge in [-0.3, -0.25) is 14.9 Å². The Hall–Kier alpha value is -1.59. The van der Waals surface area contributed by atoms with E-state index in [0.29, 0.717) is 11.8 Å². The van der Waals surface area contributed by atoms with Gasteiger partial charge in [0.15, 0.2) is 0 Å². The zero-order chi connectivity index (χ0) is 16.2. The minimum atomic E-state index is -1.18. The van der Waals surface area contributed by atoms with Crippen molar-refractivity contribution in [2.24, 2.45) is 17.3 Å². The molecule has 21 heavy (non-hydrogen) atoms. The van der Waals surface area contributed by atoms with Crippen molar-refractivity contribution < 1.29 is 19.5 Å². The molecule has 0 aromatic heterocycles. The number of aliphatic carboxylic acids is 1. The molecule has 0 radical (unpaired) electrons. The number of imide groups is 1. The molecule has 0 aromatic carbocycles. The number of carbonyl (C=O) groups excluding carboxylic acids is 2. The SMILES string of the molecule is CC1CCC(NC(=O)NC(=O)CC(C)(C)C(=O)O)CC1C. The Morgan fingerprint density at radius 2 is 1.76 bits per heavy atom. The van der Waals surface area contributed by atoms with E-state index in [1.165, 1.54) is 13.8 Å². The van der Waals surface area contributed by atoms with E-state index in [9.17, 15) is 14.4 Å². The summed E-state index contributed by atoms with van der Waals surface area (Å²) in [6.07, 6.45) is 2.65. The van der Waals surface area contributed by atoms with Gasteiger partial charge >= 0.3 is 12.0 Å². The second-order valence-electron chi connectivity index (χ2n) is 6.85. The van der Waals surface area contributed by atoms with Crippen LogP contribution in [0.15, 0.2) is 0 Å². The third-order valence-electron chi connectivity index (χ3n) is 4.37. The molecule has 0 spiro atoms. The van der Waals surface area contributed by atoms with Crippen LogP contribution in [0, 0.1) is 17.3 Å². The molecule has 1 aliphatic rings. The molecule has 1 rings (SSSR count). The van der Waals surface area contributed by atoms with Crippen molar-refractivity contribution in [3.8, 4) is 0 Å². The minimum Gasteiger partial charge on any atom is -0.481 e.